The van der Waals surface area contributed by atoms with E-state index < -0.39 is 0 Å². The lowest BCUT2D eigenvalue weighted by atomic mass is 9.97. The van der Waals surface area contributed by atoms with E-state index in [1.54, 1.807) is 12.1 Å². The molecule has 0 aromatic heterocycles. The van der Waals surface area contributed by atoms with Crippen molar-refractivity contribution in [3.05, 3.63) is 35.1 Å². The molecule has 20 heavy (non-hydrogen) atoms. The Hall–Kier alpha value is -0.930. The second kappa shape index (κ2) is 7.75. The number of ether oxygens (including phenoxy) is 1. The van der Waals surface area contributed by atoms with Gasteiger partial charge < -0.3 is 10.1 Å². The number of benzene rings is 1. The summed E-state index contributed by atoms with van der Waals surface area (Å²) in [6, 6.07) is 5.57. The van der Waals surface area contributed by atoms with E-state index in [1.807, 2.05) is 6.92 Å². The Kier molecular flexibility index (Phi) is 5.99. The van der Waals surface area contributed by atoms with Gasteiger partial charge in [-0.15, -0.1) is 0 Å². The first-order valence-electron chi connectivity index (χ1n) is 7.81. The minimum Gasteiger partial charge on any atom is -0.378 e. The molecule has 0 spiro atoms. The van der Waals surface area contributed by atoms with Gasteiger partial charge in [-0.2, -0.15) is 0 Å². The SMILES string of the molecule is CCNC(CCCC1CCCO1)c1cc(C)cc(F)c1. The highest BCUT2D eigenvalue weighted by Gasteiger charge is 2.17. The molecule has 0 radical (unpaired) electrons. The second-order valence-corrected chi connectivity index (χ2v) is 5.74. The molecule has 1 saturated heterocycles. The van der Waals surface area contributed by atoms with Crippen LogP contribution in [0.3, 0.4) is 0 Å². The van der Waals surface area contributed by atoms with Crippen molar-refractivity contribution < 1.29 is 9.13 Å². The summed E-state index contributed by atoms with van der Waals surface area (Å²) in [5, 5.41) is 3.47. The first-order chi connectivity index (χ1) is 9.69. The van der Waals surface area contributed by atoms with Gasteiger partial charge in [0.2, 0.25) is 0 Å². The van der Waals surface area contributed by atoms with Gasteiger partial charge in [0.25, 0.3) is 0 Å². The maximum absolute atomic E-state index is 13.5. The summed E-state index contributed by atoms with van der Waals surface area (Å²) < 4.78 is 19.2. The van der Waals surface area contributed by atoms with Crippen LogP contribution in [0.2, 0.25) is 0 Å². The summed E-state index contributed by atoms with van der Waals surface area (Å²) in [6.45, 7) is 5.87. The zero-order chi connectivity index (χ0) is 14.4. The normalized spacial score (nSPS) is 20.2. The summed E-state index contributed by atoms with van der Waals surface area (Å²) in [5.74, 6) is -0.137. The topological polar surface area (TPSA) is 21.3 Å². The van der Waals surface area contributed by atoms with Crippen LogP contribution in [0, 0.1) is 12.7 Å². The molecule has 1 aromatic carbocycles. The van der Waals surface area contributed by atoms with Gasteiger partial charge in [0, 0.05) is 12.6 Å². The summed E-state index contributed by atoms with van der Waals surface area (Å²) in [5.41, 5.74) is 2.05. The lowest BCUT2D eigenvalue weighted by Gasteiger charge is -2.20. The summed E-state index contributed by atoms with van der Waals surface area (Å²) >= 11 is 0. The van der Waals surface area contributed by atoms with Crippen LogP contribution < -0.4 is 5.32 Å². The van der Waals surface area contributed by atoms with Crippen LogP contribution in [0.1, 0.15) is 56.2 Å². The molecule has 0 aliphatic carbocycles. The monoisotopic (exact) mass is 279 g/mol. The second-order valence-electron chi connectivity index (χ2n) is 5.74. The van der Waals surface area contributed by atoms with Crippen molar-refractivity contribution in [2.75, 3.05) is 13.2 Å². The van der Waals surface area contributed by atoms with E-state index in [0.29, 0.717) is 6.10 Å². The number of aryl methyl sites for hydroxylation is 1. The van der Waals surface area contributed by atoms with E-state index in [2.05, 4.69) is 18.3 Å². The van der Waals surface area contributed by atoms with Gasteiger partial charge >= 0.3 is 0 Å². The Balaban J connectivity index is 1.91. The van der Waals surface area contributed by atoms with Crippen LogP contribution in [0.4, 0.5) is 4.39 Å². The highest BCUT2D eigenvalue weighted by molar-refractivity contribution is 5.26. The first kappa shape index (κ1) is 15.5. The minimum absolute atomic E-state index is 0.137. The Morgan fingerprint density at radius 2 is 2.25 bits per heavy atom. The predicted molar refractivity (Wildman–Crippen MR) is 80.4 cm³/mol. The number of nitrogens with one attached hydrogen (secondary N) is 1. The van der Waals surface area contributed by atoms with E-state index in [4.69, 9.17) is 4.74 Å². The summed E-state index contributed by atoms with van der Waals surface area (Å²) in [7, 11) is 0. The van der Waals surface area contributed by atoms with E-state index in [9.17, 15) is 4.39 Å². The van der Waals surface area contributed by atoms with Crippen molar-refractivity contribution in [1.29, 1.82) is 0 Å². The molecule has 1 aliphatic heterocycles. The molecule has 2 rings (SSSR count). The van der Waals surface area contributed by atoms with E-state index in [0.717, 1.165) is 43.5 Å². The van der Waals surface area contributed by atoms with E-state index >= 15 is 0 Å². The van der Waals surface area contributed by atoms with Crippen molar-refractivity contribution in [1.82, 2.24) is 5.32 Å². The zero-order valence-electron chi connectivity index (χ0n) is 12.6. The third-order valence-corrected chi connectivity index (χ3v) is 3.96. The molecule has 1 aromatic rings. The number of hydrogen-bond acceptors (Lipinski definition) is 2. The van der Waals surface area contributed by atoms with Crippen LogP contribution in [0.25, 0.3) is 0 Å². The lowest BCUT2D eigenvalue weighted by molar-refractivity contribution is 0.101. The first-order valence-corrected chi connectivity index (χ1v) is 7.81. The molecule has 1 aliphatic rings. The molecule has 1 fully saturated rings. The lowest BCUT2D eigenvalue weighted by Crippen LogP contribution is -2.21. The molecule has 3 heteroatoms. The molecule has 0 bridgehead atoms. The summed E-state index contributed by atoms with van der Waals surface area (Å²) in [4.78, 5) is 0. The molecule has 2 nitrogen and oxygen atoms in total. The molecule has 2 atom stereocenters. The minimum atomic E-state index is -0.137. The van der Waals surface area contributed by atoms with Crippen LogP contribution in [0.5, 0.6) is 0 Å². The highest BCUT2D eigenvalue weighted by atomic mass is 19.1. The Labute approximate surface area is 121 Å². The fraction of sp³-hybridized carbons (Fsp3) is 0.647. The van der Waals surface area contributed by atoms with Crippen LogP contribution in [-0.2, 0) is 4.74 Å². The quantitative estimate of drug-likeness (QED) is 0.810. The highest BCUT2D eigenvalue weighted by Crippen LogP contribution is 2.24. The number of rotatable bonds is 7. The average Bonchev–Trinajstić information content (AvgIpc) is 2.89. The fourth-order valence-electron chi connectivity index (χ4n) is 3.02. The predicted octanol–water partition coefficient (Wildman–Crippen LogP) is 4.13. The molecular weight excluding hydrogens is 253 g/mol. The van der Waals surface area contributed by atoms with Crippen LogP contribution in [-0.4, -0.2) is 19.3 Å². The van der Waals surface area contributed by atoms with Crippen molar-refractivity contribution >= 4 is 0 Å². The van der Waals surface area contributed by atoms with Crippen LogP contribution >= 0.6 is 0 Å². The zero-order valence-corrected chi connectivity index (χ0v) is 12.6. The average molecular weight is 279 g/mol. The largest absolute Gasteiger partial charge is 0.378 e. The van der Waals surface area contributed by atoms with Crippen molar-refractivity contribution in [3.63, 3.8) is 0 Å². The molecular formula is C17H26FNO. The molecule has 1 N–H and O–H groups in total. The van der Waals surface area contributed by atoms with Gasteiger partial charge in [-0.05, 0) is 68.8 Å². The van der Waals surface area contributed by atoms with Gasteiger partial charge in [-0.25, -0.2) is 4.39 Å². The molecule has 0 amide bonds. The van der Waals surface area contributed by atoms with E-state index in [-0.39, 0.29) is 11.9 Å². The van der Waals surface area contributed by atoms with Gasteiger partial charge in [0.05, 0.1) is 6.10 Å². The Morgan fingerprint density at radius 3 is 2.90 bits per heavy atom. The summed E-state index contributed by atoms with van der Waals surface area (Å²) in [6.07, 6.45) is 6.13. The maximum atomic E-state index is 13.5. The number of hydrogen-bond donors (Lipinski definition) is 1. The van der Waals surface area contributed by atoms with Crippen molar-refractivity contribution in [2.45, 2.75) is 58.1 Å². The van der Waals surface area contributed by atoms with Crippen LogP contribution in [0.15, 0.2) is 18.2 Å². The molecule has 2 unspecified atom stereocenters. The molecule has 0 saturated carbocycles. The van der Waals surface area contributed by atoms with Gasteiger partial charge in [-0.1, -0.05) is 13.0 Å². The Morgan fingerprint density at radius 1 is 1.40 bits per heavy atom. The standard InChI is InChI=1S/C17H26FNO/c1-3-19-17(8-4-6-16-7-5-9-20-16)14-10-13(2)11-15(18)12-14/h10-12,16-17,19H,3-9H2,1-2H3. The Bertz CT molecular complexity index is 395. The fourth-order valence-corrected chi connectivity index (χ4v) is 3.02. The van der Waals surface area contributed by atoms with Gasteiger partial charge in [0.1, 0.15) is 5.82 Å². The van der Waals surface area contributed by atoms with Crippen molar-refractivity contribution in [3.8, 4) is 0 Å². The van der Waals surface area contributed by atoms with Gasteiger partial charge in [-0.3, -0.25) is 0 Å². The molecule has 1 heterocycles. The van der Waals surface area contributed by atoms with Crippen molar-refractivity contribution in [2.24, 2.45) is 0 Å². The van der Waals surface area contributed by atoms with E-state index in [1.165, 1.54) is 12.8 Å². The van der Waals surface area contributed by atoms with Gasteiger partial charge in [0.15, 0.2) is 0 Å². The number of halogens is 1. The third kappa shape index (κ3) is 4.57. The smallest absolute Gasteiger partial charge is 0.123 e. The third-order valence-electron chi connectivity index (χ3n) is 3.96. The maximum Gasteiger partial charge on any atom is 0.123 e. The molecule has 112 valence electrons.